The first kappa shape index (κ1) is 22.3. The molecule has 0 spiro atoms. The van der Waals surface area contributed by atoms with Crippen molar-refractivity contribution in [3.05, 3.63) is 72.0 Å². The molecule has 0 unspecified atom stereocenters. The summed E-state index contributed by atoms with van der Waals surface area (Å²) in [5.74, 6) is -0.318. The molecule has 2 aromatic heterocycles. The predicted octanol–water partition coefficient (Wildman–Crippen LogP) is 5.20. The first-order chi connectivity index (χ1) is 15.5. The van der Waals surface area contributed by atoms with Crippen LogP contribution >= 0.6 is 34.7 Å². The highest BCUT2D eigenvalue weighted by molar-refractivity contribution is 8.00. The highest BCUT2D eigenvalue weighted by Crippen LogP contribution is 2.36. The Morgan fingerprint density at radius 2 is 1.84 bits per heavy atom. The molecule has 4 rings (SSSR count). The minimum atomic E-state index is -0.311. The second-order valence-corrected chi connectivity index (χ2v) is 9.34. The minimum absolute atomic E-state index is 0.0690. The van der Waals surface area contributed by atoms with E-state index < -0.39 is 0 Å². The average Bonchev–Trinajstić information content (AvgIpc) is 3.24. The second kappa shape index (κ2) is 10.1. The van der Waals surface area contributed by atoms with E-state index in [1.807, 2.05) is 18.2 Å². The van der Waals surface area contributed by atoms with Crippen LogP contribution in [0.15, 0.2) is 72.0 Å². The molecule has 2 aromatic carbocycles. The van der Waals surface area contributed by atoms with Gasteiger partial charge in [0.2, 0.25) is 11.8 Å². The smallest absolute Gasteiger partial charge is 0.244 e. The Morgan fingerprint density at radius 1 is 1.09 bits per heavy atom. The van der Waals surface area contributed by atoms with Gasteiger partial charge in [0.25, 0.3) is 0 Å². The number of benzene rings is 2. The molecule has 0 atom stereocenters. The molecule has 0 saturated carbocycles. The third-order valence-electron chi connectivity index (χ3n) is 4.64. The summed E-state index contributed by atoms with van der Waals surface area (Å²) in [5.41, 5.74) is 1.64. The largest absolute Gasteiger partial charge is 0.336 e. The molecule has 0 bridgehead atoms. The van der Waals surface area contributed by atoms with Gasteiger partial charge in [-0.3, -0.25) is 9.59 Å². The molecule has 9 heteroatoms. The molecule has 6 nitrogen and oxygen atoms in total. The van der Waals surface area contributed by atoms with Crippen molar-refractivity contribution in [1.82, 2.24) is 14.9 Å². The number of thioether (sulfide) groups is 1. The Labute approximate surface area is 198 Å². The quantitative estimate of drug-likeness (QED) is 0.289. The first-order valence-electron chi connectivity index (χ1n) is 9.72. The number of fused-ring (bicyclic) bond motifs is 1. The number of rotatable bonds is 7. The molecule has 0 radical (unpaired) electrons. The molecular weight excluding hydrogens is 464 g/mol. The Morgan fingerprint density at radius 3 is 2.62 bits per heavy atom. The van der Waals surface area contributed by atoms with Crippen LogP contribution in [0.2, 0.25) is 5.02 Å². The van der Waals surface area contributed by atoms with Crippen LogP contribution in [0.3, 0.4) is 0 Å². The van der Waals surface area contributed by atoms with Gasteiger partial charge in [0.05, 0.1) is 23.0 Å². The van der Waals surface area contributed by atoms with Crippen LogP contribution in [0.25, 0.3) is 20.7 Å². The third-order valence-corrected chi connectivity index (χ3v) is 7.05. The summed E-state index contributed by atoms with van der Waals surface area (Å²) < 4.78 is 0. The van der Waals surface area contributed by atoms with Crippen molar-refractivity contribution in [1.29, 1.82) is 0 Å². The summed E-state index contributed by atoms with van der Waals surface area (Å²) in [4.78, 5) is 37.0. The van der Waals surface area contributed by atoms with Crippen molar-refractivity contribution >= 4 is 62.4 Å². The van der Waals surface area contributed by atoms with Gasteiger partial charge in [-0.2, -0.15) is 0 Å². The minimum Gasteiger partial charge on any atom is -0.336 e. The summed E-state index contributed by atoms with van der Waals surface area (Å²) >= 11 is 9.00. The number of aromatic nitrogens is 2. The Balaban J connectivity index is 1.38. The van der Waals surface area contributed by atoms with Gasteiger partial charge in [0.1, 0.15) is 16.2 Å². The molecule has 0 aliphatic carbocycles. The summed E-state index contributed by atoms with van der Waals surface area (Å²) in [7, 11) is 1.60. The number of nitrogens with one attached hydrogen (secondary N) is 1. The molecule has 0 aliphatic rings. The maximum Gasteiger partial charge on any atom is 0.244 e. The lowest BCUT2D eigenvalue weighted by atomic mass is 10.2. The maximum absolute atomic E-state index is 12.6. The van der Waals surface area contributed by atoms with E-state index in [1.165, 1.54) is 23.0 Å². The van der Waals surface area contributed by atoms with E-state index in [4.69, 9.17) is 11.6 Å². The van der Waals surface area contributed by atoms with Gasteiger partial charge < -0.3 is 10.2 Å². The van der Waals surface area contributed by atoms with Crippen LogP contribution in [0.5, 0.6) is 0 Å². The fourth-order valence-corrected chi connectivity index (χ4v) is 5.16. The lowest BCUT2D eigenvalue weighted by Crippen LogP contribution is -2.36. The van der Waals surface area contributed by atoms with Crippen LogP contribution in [-0.4, -0.2) is 46.0 Å². The number of thiophene rings is 1. The fraction of sp³-hybridized carbons (Fsp3) is 0.130. The summed E-state index contributed by atoms with van der Waals surface area (Å²) in [6.45, 7) is -0.0690. The van der Waals surface area contributed by atoms with E-state index in [2.05, 4.69) is 33.5 Å². The van der Waals surface area contributed by atoms with Crippen molar-refractivity contribution in [2.75, 3.05) is 24.7 Å². The van der Waals surface area contributed by atoms with Gasteiger partial charge in [0, 0.05) is 17.3 Å². The molecule has 2 amide bonds. The molecule has 32 heavy (non-hydrogen) atoms. The van der Waals surface area contributed by atoms with Gasteiger partial charge in [-0.15, -0.1) is 11.3 Å². The molecule has 0 saturated heterocycles. The van der Waals surface area contributed by atoms with Gasteiger partial charge >= 0.3 is 0 Å². The van der Waals surface area contributed by atoms with E-state index in [1.54, 1.807) is 42.6 Å². The number of halogens is 1. The van der Waals surface area contributed by atoms with Crippen molar-refractivity contribution < 1.29 is 9.59 Å². The normalized spacial score (nSPS) is 10.8. The van der Waals surface area contributed by atoms with E-state index in [0.717, 1.165) is 25.7 Å². The summed E-state index contributed by atoms with van der Waals surface area (Å²) in [5, 5.41) is 4.84. The number of amides is 2. The Kier molecular flexibility index (Phi) is 7.04. The molecule has 162 valence electrons. The van der Waals surface area contributed by atoms with Gasteiger partial charge in [-0.05, 0) is 23.8 Å². The standard InChI is InChI=1S/C23H19ClN4O2S2/c1-28(12-20(29)27-18-10-6-5-9-17(18)24)21(30)13-31-22-16-11-19(15-7-3-2-4-8-15)32-23(16)26-14-25-22/h2-11,14H,12-13H2,1H3,(H,27,29). The number of carbonyl (C=O) groups is 2. The van der Waals surface area contributed by atoms with Crippen LogP contribution in [0.4, 0.5) is 5.69 Å². The van der Waals surface area contributed by atoms with Crippen molar-refractivity contribution in [2.24, 2.45) is 0 Å². The second-order valence-electron chi connectivity index (χ2n) is 6.94. The van der Waals surface area contributed by atoms with Gasteiger partial charge in [0.15, 0.2) is 0 Å². The van der Waals surface area contributed by atoms with Crippen LogP contribution < -0.4 is 5.32 Å². The first-order valence-corrected chi connectivity index (χ1v) is 11.9. The van der Waals surface area contributed by atoms with Gasteiger partial charge in [-0.1, -0.05) is 65.8 Å². The zero-order chi connectivity index (χ0) is 22.5. The molecular formula is C23H19ClN4O2S2. The van der Waals surface area contributed by atoms with Crippen molar-refractivity contribution in [3.63, 3.8) is 0 Å². The zero-order valence-corrected chi connectivity index (χ0v) is 19.5. The number of hydrogen-bond acceptors (Lipinski definition) is 6. The number of carbonyl (C=O) groups excluding carboxylic acids is 2. The lowest BCUT2D eigenvalue weighted by molar-refractivity contribution is -0.131. The van der Waals surface area contributed by atoms with Crippen LogP contribution in [0.1, 0.15) is 0 Å². The maximum atomic E-state index is 12.6. The number of likely N-dealkylation sites (N-methyl/N-ethyl adjacent to an activating group) is 1. The Hall–Kier alpha value is -2.94. The lowest BCUT2D eigenvalue weighted by Gasteiger charge is -2.17. The van der Waals surface area contributed by atoms with E-state index >= 15 is 0 Å². The molecule has 2 heterocycles. The molecule has 4 aromatic rings. The van der Waals surface area contributed by atoms with Crippen LogP contribution in [0, 0.1) is 0 Å². The highest BCUT2D eigenvalue weighted by atomic mass is 35.5. The third kappa shape index (κ3) is 5.27. The van der Waals surface area contributed by atoms with E-state index in [9.17, 15) is 9.59 Å². The van der Waals surface area contributed by atoms with E-state index in [0.29, 0.717) is 10.7 Å². The number of nitrogens with zero attached hydrogens (tertiary/aromatic N) is 3. The zero-order valence-electron chi connectivity index (χ0n) is 17.1. The van der Waals surface area contributed by atoms with Crippen molar-refractivity contribution in [3.8, 4) is 10.4 Å². The topological polar surface area (TPSA) is 75.2 Å². The number of para-hydroxylation sites is 1. The van der Waals surface area contributed by atoms with Crippen molar-refractivity contribution in [2.45, 2.75) is 5.03 Å². The number of anilines is 1. The summed E-state index contributed by atoms with van der Waals surface area (Å²) in [6, 6.07) is 19.1. The van der Waals surface area contributed by atoms with Crippen LogP contribution in [-0.2, 0) is 9.59 Å². The highest BCUT2D eigenvalue weighted by Gasteiger charge is 2.16. The fourth-order valence-electron chi connectivity index (χ4n) is 2.99. The Bertz CT molecular complexity index is 1260. The summed E-state index contributed by atoms with van der Waals surface area (Å²) in [6.07, 6.45) is 1.52. The molecule has 0 aliphatic heterocycles. The predicted molar refractivity (Wildman–Crippen MR) is 131 cm³/mol. The number of hydrogen-bond donors (Lipinski definition) is 1. The molecule has 1 N–H and O–H groups in total. The van der Waals surface area contributed by atoms with Gasteiger partial charge in [-0.25, -0.2) is 9.97 Å². The SMILES string of the molecule is CN(CC(=O)Nc1ccccc1Cl)C(=O)CSc1ncnc2sc(-c3ccccc3)cc12. The average molecular weight is 483 g/mol. The monoisotopic (exact) mass is 482 g/mol. The molecule has 0 fully saturated rings. The van der Waals surface area contributed by atoms with E-state index in [-0.39, 0.29) is 24.1 Å².